The Balaban J connectivity index is 0.00000200. The van der Waals surface area contributed by atoms with E-state index >= 15 is 0 Å². The Morgan fingerprint density at radius 1 is 1.40 bits per heavy atom. The Labute approximate surface area is 127 Å². The molecular formula is C16H25ClN2O. The minimum absolute atomic E-state index is 0. The SMILES string of the molecule is CCc1ccccc1C(=O)N1CCC(C)CC1CN.Cl. The molecule has 0 radical (unpaired) electrons. The Morgan fingerprint density at radius 3 is 2.75 bits per heavy atom. The predicted molar refractivity (Wildman–Crippen MR) is 85.3 cm³/mol. The summed E-state index contributed by atoms with van der Waals surface area (Å²) in [6, 6.07) is 8.11. The van der Waals surface area contributed by atoms with Crippen LogP contribution in [0.15, 0.2) is 24.3 Å². The van der Waals surface area contributed by atoms with Gasteiger partial charge in [0.05, 0.1) is 0 Å². The van der Waals surface area contributed by atoms with Crippen molar-refractivity contribution in [3.05, 3.63) is 35.4 Å². The largest absolute Gasteiger partial charge is 0.334 e. The van der Waals surface area contributed by atoms with Crippen LogP contribution in [0.5, 0.6) is 0 Å². The van der Waals surface area contributed by atoms with E-state index < -0.39 is 0 Å². The number of nitrogens with zero attached hydrogens (tertiary/aromatic N) is 1. The summed E-state index contributed by atoms with van der Waals surface area (Å²) in [5.74, 6) is 0.818. The van der Waals surface area contributed by atoms with E-state index in [0.29, 0.717) is 12.5 Å². The van der Waals surface area contributed by atoms with Crippen LogP contribution < -0.4 is 5.73 Å². The maximum atomic E-state index is 12.7. The first-order chi connectivity index (χ1) is 9.17. The smallest absolute Gasteiger partial charge is 0.254 e. The van der Waals surface area contributed by atoms with Gasteiger partial charge in [0.1, 0.15) is 0 Å². The highest BCUT2D eigenvalue weighted by Crippen LogP contribution is 2.24. The van der Waals surface area contributed by atoms with Crippen molar-refractivity contribution in [2.45, 2.75) is 39.2 Å². The second-order valence-electron chi connectivity index (χ2n) is 5.53. The molecule has 20 heavy (non-hydrogen) atoms. The summed E-state index contributed by atoms with van der Waals surface area (Å²) in [6.45, 7) is 5.72. The molecule has 0 spiro atoms. The minimum atomic E-state index is 0. The van der Waals surface area contributed by atoms with E-state index in [1.165, 1.54) is 0 Å². The fourth-order valence-corrected chi connectivity index (χ4v) is 2.93. The van der Waals surface area contributed by atoms with Crippen LogP contribution in [0.2, 0.25) is 0 Å². The molecule has 1 aliphatic heterocycles. The van der Waals surface area contributed by atoms with Gasteiger partial charge in [-0.1, -0.05) is 32.0 Å². The normalized spacial score (nSPS) is 22.2. The maximum Gasteiger partial charge on any atom is 0.254 e. The molecule has 1 aliphatic rings. The summed E-state index contributed by atoms with van der Waals surface area (Å²) in [7, 11) is 0. The summed E-state index contributed by atoms with van der Waals surface area (Å²) in [5, 5.41) is 0. The van der Waals surface area contributed by atoms with Gasteiger partial charge in [-0.2, -0.15) is 0 Å². The first kappa shape index (κ1) is 17.0. The number of aryl methyl sites for hydroxylation is 1. The lowest BCUT2D eigenvalue weighted by Crippen LogP contribution is -2.49. The van der Waals surface area contributed by atoms with Gasteiger partial charge in [0.25, 0.3) is 5.91 Å². The van der Waals surface area contributed by atoms with E-state index in [1.807, 2.05) is 29.2 Å². The Hall–Kier alpha value is -1.06. The molecule has 1 saturated heterocycles. The van der Waals surface area contributed by atoms with Gasteiger partial charge in [-0.25, -0.2) is 0 Å². The average Bonchev–Trinajstić information content (AvgIpc) is 2.46. The van der Waals surface area contributed by atoms with E-state index in [1.54, 1.807) is 0 Å². The van der Waals surface area contributed by atoms with Gasteiger partial charge in [0.2, 0.25) is 0 Å². The zero-order valence-electron chi connectivity index (χ0n) is 12.3. The lowest BCUT2D eigenvalue weighted by Gasteiger charge is -2.38. The highest BCUT2D eigenvalue weighted by molar-refractivity contribution is 5.96. The second-order valence-corrected chi connectivity index (χ2v) is 5.53. The third kappa shape index (κ3) is 3.53. The van der Waals surface area contributed by atoms with Crippen molar-refractivity contribution in [3.63, 3.8) is 0 Å². The van der Waals surface area contributed by atoms with Crippen molar-refractivity contribution in [3.8, 4) is 0 Å². The lowest BCUT2D eigenvalue weighted by atomic mass is 9.91. The number of nitrogens with two attached hydrogens (primary N) is 1. The van der Waals surface area contributed by atoms with E-state index in [0.717, 1.165) is 36.9 Å². The molecule has 2 rings (SSSR count). The third-order valence-electron chi connectivity index (χ3n) is 4.14. The number of hydrogen-bond acceptors (Lipinski definition) is 2. The molecule has 2 atom stereocenters. The fraction of sp³-hybridized carbons (Fsp3) is 0.562. The topological polar surface area (TPSA) is 46.3 Å². The molecular weight excluding hydrogens is 272 g/mol. The molecule has 3 nitrogen and oxygen atoms in total. The number of amides is 1. The summed E-state index contributed by atoms with van der Waals surface area (Å²) in [4.78, 5) is 14.7. The number of hydrogen-bond donors (Lipinski definition) is 1. The first-order valence-electron chi connectivity index (χ1n) is 7.26. The number of carbonyl (C=O) groups is 1. The van der Waals surface area contributed by atoms with Crippen LogP contribution in [0.4, 0.5) is 0 Å². The number of carbonyl (C=O) groups excluding carboxylic acids is 1. The molecule has 0 bridgehead atoms. The Bertz CT molecular complexity index is 450. The van der Waals surface area contributed by atoms with Crippen molar-refractivity contribution in [1.29, 1.82) is 0 Å². The van der Waals surface area contributed by atoms with Crippen molar-refractivity contribution < 1.29 is 4.79 Å². The highest BCUT2D eigenvalue weighted by atomic mass is 35.5. The average molecular weight is 297 g/mol. The standard InChI is InChI=1S/C16H24N2O.ClH/c1-3-13-6-4-5-7-15(13)16(19)18-9-8-12(2)10-14(18)11-17;/h4-7,12,14H,3,8-11,17H2,1-2H3;1H. The molecule has 1 amide bonds. The predicted octanol–water partition coefficient (Wildman–Crippen LogP) is 2.87. The summed E-state index contributed by atoms with van der Waals surface area (Å²) >= 11 is 0. The van der Waals surface area contributed by atoms with Gasteiger partial charge in [0, 0.05) is 24.7 Å². The Kier molecular flexibility index (Phi) is 6.50. The summed E-state index contributed by atoms with van der Waals surface area (Å²) in [6.07, 6.45) is 2.99. The van der Waals surface area contributed by atoms with Crippen LogP contribution in [0.1, 0.15) is 42.6 Å². The lowest BCUT2D eigenvalue weighted by molar-refractivity contribution is 0.0572. The van der Waals surface area contributed by atoms with Crippen LogP contribution in [-0.2, 0) is 6.42 Å². The van der Waals surface area contributed by atoms with Crippen molar-refractivity contribution in [2.24, 2.45) is 11.7 Å². The van der Waals surface area contributed by atoms with Gasteiger partial charge < -0.3 is 10.6 Å². The molecule has 1 aromatic carbocycles. The molecule has 1 fully saturated rings. The van der Waals surface area contributed by atoms with Crippen molar-refractivity contribution in [1.82, 2.24) is 4.90 Å². The van der Waals surface area contributed by atoms with Crippen molar-refractivity contribution >= 4 is 18.3 Å². The van der Waals surface area contributed by atoms with Crippen molar-refractivity contribution in [2.75, 3.05) is 13.1 Å². The van der Waals surface area contributed by atoms with Crippen LogP contribution in [0.25, 0.3) is 0 Å². The van der Waals surface area contributed by atoms with Crippen LogP contribution in [-0.4, -0.2) is 29.9 Å². The summed E-state index contributed by atoms with van der Waals surface area (Å²) < 4.78 is 0. The number of piperidine rings is 1. The molecule has 0 saturated carbocycles. The fourth-order valence-electron chi connectivity index (χ4n) is 2.93. The second kappa shape index (κ2) is 7.65. The summed E-state index contributed by atoms with van der Waals surface area (Å²) in [5.41, 5.74) is 7.82. The maximum absolute atomic E-state index is 12.7. The van der Waals surface area contributed by atoms with Gasteiger partial charge in [-0.05, 0) is 36.8 Å². The molecule has 2 N–H and O–H groups in total. The quantitative estimate of drug-likeness (QED) is 0.932. The van der Waals surface area contributed by atoms with Gasteiger partial charge in [-0.3, -0.25) is 4.79 Å². The molecule has 0 aromatic heterocycles. The van der Waals surface area contributed by atoms with Gasteiger partial charge in [-0.15, -0.1) is 12.4 Å². The molecule has 1 aromatic rings. The van der Waals surface area contributed by atoms with E-state index in [4.69, 9.17) is 5.73 Å². The van der Waals surface area contributed by atoms with Crippen LogP contribution in [0, 0.1) is 5.92 Å². The molecule has 112 valence electrons. The molecule has 1 heterocycles. The first-order valence-corrected chi connectivity index (χ1v) is 7.26. The number of benzene rings is 1. The van der Waals surface area contributed by atoms with Gasteiger partial charge in [0.15, 0.2) is 0 Å². The number of rotatable bonds is 3. The van der Waals surface area contributed by atoms with Gasteiger partial charge >= 0.3 is 0 Å². The molecule has 0 aliphatic carbocycles. The molecule has 2 unspecified atom stereocenters. The van der Waals surface area contributed by atoms with E-state index in [-0.39, 0.29) is 24.4 Å². The minimum Gasteiger partial charge on any atom is -0.334 e. The highest BCUT2D eigenvalue weighted by Gasteiger charge is 2.30. The van der Waals surface area contributed by atoms with E-state index in [9.17, 15) is 4.79 Å². The number of likely N-dealkylation sites (tertiary alicyclic amines) is 1. The number of halogens is 1. The van der Waals surface area contributed by atoms with Crippen LogP contribution >= 0.6 is 12.4 Å². The monoisotopic (exact) mass is 296 g/mol. The molecule has 4 heteroatoms. The van der Waals surface area contributed by atoms with Crippen LogP contribution in [0.3, 0.4) is 0 Å². The zero-order valence-corrected chi connectivity index (χ0v) is 13.2. The zero-order chi connectivity index (χ0) is 13.8. The third-order valence-corrected chi connectivity index (χ3v) is 4.14. The van der Waals surface area contributed by atoms with E-state index in [2.05, 4.69) is 13.8 Å². The Morgan fingerprint density at radius 2 is 2.10 bits per heavy atom.